The van der Waals surface area contributed by atoms with Crippen LogP contribution in [0.4, 0.5) is 0 Å². The molecular weight excluding hydrogens is 202 g/mol. The van der Waals surface area contributed by atoms with Gasteiger partial charge in [0.25, 0.3) is 0 Å². The molecule has 90 valence electrons. The van der Waals surface area contributed by atoms with E-state index in [9.17, 15) is 0 Å². The summed E-state index contributed by atoms with van der Waals surface area (Å²) in [6.45, 7) is 7.78. The van der Waals surface area contributed by atoms with Crippen LogP contribution in [-0.4, -0.2) is 25.9 Å². The second-order valence-electron chi connectivity index (χ2n) is 3.96. The van der Waals surface area contributed by atoms with Gasteiger partial charge >= 0.3 is 0 Å². The SMILES string of the molecule is Cc1cccc(OCCOC(C)CN)c1C. The molecule has 0 saturated carbocycles. The largest absolute Gasteiger partial charge is 0.491 e. The molecule has 1 unspecified atom stereocenters. The fourth-order valence-electron chi connectivity index (χ4n) is 1.35. The Labute approximate surface area is 97.6 Å². The van der Waals surface area contributed by atoms with Crippen LogP contribution in [0.5, 0.6) is 5.75 Å². The van der Waals surface area contributed by atoms with Crippen molar-refractivity contribution >= 4 is 0 Å². The summed E-state index contributed by atoms with van der Waals surface area (Å²) < 4.78 is 11.1. The Bertz CT molecular complexity index is 326. The second kappa shape index (κ2) is 6.51. The Morgan fingerprint density at radius 1 is 1.25 bits per heavy atom. The highest BCUT2D eigenvalue weighted by atomic mass is 16.5. The van der Waals surface area contributed by atoms with Gasteiger partial charge in [0.2, 0.25) is 0 Å². The highest BCUT2D eigenvalue weighted by molar-refractivity contribution is 5.38. The third-order valence-electron chi connectivity index (χ3n) is 2.63. The van der Waals surface area contributed by atoms with Crippen molar-refractivity contribution in [3.8, 4) is 5.75 Å². The number of nitrogens with two attached hydrogens (primary N) is 1. The molecule has 0 bridgehead atoms. The minimum atomic E-state index is 0.0993. The zero-order valence-electron chi connectivity index (χ0n) is 10.3. The molecule has 2 N–H and O–H groups in total. The molecule has 0 aliphatic rings. The van der Waals surface area contributed by atoms with Gasteiger partial charge in [0.05, 0.1) is 12.7 Å². The van der Waals surface area contributed by atoms with E-state index in [1.807, 2.05) is 19.1 Å². The highest BCUT2D eigenvalue weighted by Gasteiger charge is 2.02. The molecule has 3 nitrogen and oxygen atoms in total. The molecule has 0 amide bonds. The van der Waals surface area contributed by atoms with E-state index in [0.29, 0.717) is 19.8 Å². The van der Waals surface area contributed by atoms with Crippen molar-refractivity contribution < 1.29 is 9.47 Å². The monoisotopic (exact) mass is 223 g/mol. The van der Waals surface area contributed by atoms with E-state index in [1.165, 1.54) is 11.1 Å². The van der Waals surface area contributed by atoms with E-state index in [-0.39, 0.29) is 6.10 Å². The van der Waals surface area contributed by atoms with Gasteiger partial charge in [-0.15, -0.1) is 0 Å². The Morgan fingerprint density at radius 3 is 2.69 bits per heavy atom. The van der Waals surface area contributed by atoms with Crippen molar-refractivity contribution in [2.45, 2.75) is 26.9 Å². The third-order valence-corrected chi connectivity index (χ3v) is 2.63. The molecule has 3 heteroatoms. The molecule has 0 radical (unpaired) electrons. The van der Waals surface area contributed by atoms with Gasteiger partial charge in [0.1, 0.15) is 12.4 Å². The van der Waals surface area contributed by atoms with Crippen LogP contribution in [-0.2, 0) is 4.74 Å². The predicted molar refractivity (Wildman–Crippen MR) is 65.9 cm³/mol. The molecule has 1 aromatic rings. The summed E-state index contributed by atoms with van der Waals surface area (Å²) in [5, 5.41) is 0. The first-order valence-electron chi connectivity index (χ1n) is 5.66. The van der Waals surface area contributed by atoms with Crippen LogP contribution in [0.15, 0.2) is 18.2 Å². The maximum Gasteiger partial charge on any atom is 0.122 e. The number of benzene rings is 1. The highest BCUT2D eigenvalue weighted by Crippen LogP contribution is 2.20. The zero-order chi connectivity index (χ0) is 12.0. The Morgan fingerprint density at radius 2 is 2.00 bits per heavy atom. The Kier molecular flexibility index (Phi) is 5.29. The van der Waals surface area contributed by atoms with Crippen LogP contribution < -0.4 is 10.5 Å². The first-order valence-corrected chi connectivity index (χ1v) is 5.66. The number of aryl methyl sites for hydroxylation is 1. The van der Waals surface area contributed by atoms with Crippen molar-refractivity contribution in [2.75, 3.05) is 19.8 Å². The Balaban J connectivity index is 2.35. The molecule has 1 atom stereocenters. The van der Waals surface area contributed by atoms with E-state index < -0.39 is 0 Å². The first-order chi connectivity index (χ1) is 7.65. The zero-order valence-corrected chi connectivity index (χ0v) is 10.3. The molecule has 0 spiro atoms. The van der Waals surface area contributed by atoms with Crippen LogP contribution in [0.2, 0.25) is 0 Å². The minimum absolute atomic E-state index is 0.0993. The molecule has 0 aliphatic carbocycles. The summed E-state index contributed by atoms with van der Waals surface area (Å²) in [5.41, 5.74) is 7.88. The van der Waals surface area contributed by atoms with Crippen LogP contribution in [0, 0.1) is 13.8 Å². The summed E-state index contributed by atoms with van der Waals surface area (Å²) >= 11 is 0. The van der Waals surface area contributed by atoms with Crippen molar-refractivity contribution in [1.29, 1.82) is 0 Å². The van der Waals surface area contributed by atoms with E-state index in [4.69, 9.17) is 15.2 Å². The van der Waals surface area contributed by atoms with Crippen LogP contribution in [0.1, 0.15) is 18.1 Å². The summed E-state index contributed by atoms with van der Waals surface area (Å²) in [4.78, 5) is 0. The summed E-state index contributed by atoms with van der Waals surface area (Å²) in [7, 11) is 0. The fourth-order valence-corrected chi connectivity index (χ4v) is 1.35. The van der Waals surface area contributed by atoms with E-state index in [1.54, 1.807) is 0 Å². The fraction of sp³-hybridized carbons (Fsp3) is 0.538. The van der Waals surface area contributed by atoms with Crippen molar-refractivity contribution in [1.82, 2.24) is 0 Å². The molecule has 16 heavy (non-hydrogen) atoms. The summed E-state index contributed by atoms with van der Waals surface area (Å²) in [6.07, 6.45) is 0.0993. The van der Waals surface area contributed by atoms with Crippen molar-refractivity contribution in [2.24, 2.45) is 5.73 Å². The number of hydrogen-bond donors (Lipinski definition) is 1. The van der Waals surface area contributed by atoms with Gasteiger partial charge in [-0.2, -0.15) is 0 Å². The molecule has 0 aromatic heterocycles. The van der Waals surface area contributed by atoms with E-state index in [0.717, 1.165) is 5.75 Å². The van der Waals surface area contributed by atoms with Gasteiger partial charge in [0.15, 0.2) is 0 Å². The Hall–Kier alpha value is -1.06. The lowest BCUT2D eigenvalue weighted by Gasteiger charge is -2.13. The molecule has 0 saturated heterocycles. The average molecular weight is 223 g/mol. The third kappa shape index (κ3) is 3.83. The van der Waals surface area contributed by atoms with Gasteiger partial charge in [-0.1, -0.05) is 12.1 Å². The number of rotatable bonds is 6. The van der Waals surface area contributed by atoms with Gasteiger partial charge < -0.3 is 15.2 Å². The minimum Gasteiger partial charge on any atom is -0.491 e. The molecular formula is C13H21NO2. The summed E-state index contributed by atoms with van der Waals surface area (Å²) in [6, 6.07) is 6.06. The van der Waals surface area contributed by atoms with Crippen LogP contribution in [0.25, 0.3) is 0 Å². The number of ether oxygens (including phenoxy) is 2. The smallest absolute Gasteiger partial charge is 0.122 e. The quantitative estimate of drug-likeness (QED) is 0.751. The number of hydrogen-bond acceptors (Lipinski definition) is 3. The van der Waals surface area contributed by atoms with Crippen LogP contribution in [0.3, 0.4) is 0 Å². The van der Waals surface area contributed by atoms with Gasteiger partial charge in [-0.05, 0) is 38.0 Å². The molecule has 0 heterocycles. The molecule has 0 fully saturated rings. The molecule has 1 rings (SSSR count). The first kappa shape index (κ1) is 13.0. The normalized spacial score (nSPS) is 12.5. The molecule has 1 aromatic carbocycles. The maximum atomic E-state index is 5.65. The average Bonchev–Trinajstić information content (AvgIpc) is 2.29. The maximum absolute atomic E-state index is 5.65. The van der Waals surface area contributed by atoms with Crippen molar-refractivity contribution in [3.05, 3.63) is 29.3 Å². The van der Waals surface area contributed by atoms with Crippen LogP contribution >= 0.6 is 0 Å². The van der Waals surface area contributed by atoms with E-state index in [2.05, 4.69) is 19.9 Å². The predicted octanol–water partition coefficient (Wildman–Crippen LogP) is 2.05. The summed E-state index contributed by atoms with van der Waals surface area (Å²) in [5.74, 6) is 0.934. The van der Waals surface area contributed by atoms with Crippen molar-refractivity contribution in [3.63, 3.8) is 0 Å². The lowest BCUT2D eigenvalue weighted by molar-refractivity contribution is 0.0495. The van der Waals surface area contributed by atoms with Gasteiger partial charge in [0, 0.05) is 6.54 Å². The van der Waals surface area contributed by atoms with E-state index >= 15 is 0 Å². The topological polar surface area (TPSA) is 44.5 Å². The molecule has 0 aliphatic heterocycles. The standard InChI is InChI=1S/C13H21NO2/c1-10-5-4-6-13(12(10)3)16-8-7-15-11(2)9-14/h4-6,11H,7-9,14H2,1-3H3. The van der Waals surface area contributed by atoms with Gasteiger partial charge in [-0.25, -0.2) is 0 Å². The van der Waals surface area contributed by atoms with Gasteiger partial charge in [-0.3, -0.25) is 0 Å². The lowest BCUT2D eigenvalue weighted by Crippen LogP contribution is -2.22. The lowest BCUT2D eigenvalue weighted by atomic mass is 10.1. The second-order valence-corrected chi connectivity index (χ2v) is 3.96.